The summed E-state index contributed by atoms with van der Waals surface area (Å²) in [5.41, 5.74) is 9.08. The van der Waals surface area contributed by atoms with Crippen LogP contribution in [0.4, 0.5) is 0 Å². The maximum absolute atomic E-state index is 8.63. The van der Waals surface area contributed by atoms with Crippen molar-refractivity contribution in [2.45, 2.75) is 32.7 Å². The second-order valence-corrected chi connectivity index (χ2v) is 4.25. The smallest absolute Gasteiger partial charge is 0.127 e. The van der Waals surface area contributed by atoms with Gasteiger partial charge in [-0.1, -0.05) is 0 Å². The molecule has 4 heteroatoms. The molecule has 0 radical (unpaired) electrons. The van der Waals surface area contributed by atoms with Crippen LogP contribution in [-0.2, 0) is 0 Å². The summed E-state index contributed by atoms with van der Waals surface area (Å²) in [7, 11) is 3.27. The zero-order valence-corrected chi connectivity index (χ0v) is 11.4. The molecule has 0 fully saturated rings. The second-order valence-electron chi connectivity index (χ2n) is 4.25. The molecule has 1 aromatic rings. The predicted molar refractivity (Wildman–Crippen MR) is 70.8 cm³/mol. The van der Waals surface area contributed by atoms with Crippen LogP contribution in [-0.4, -0.2) is 14.2 Å². The Hall–Kier alpha value is -1.73. The lowest BCUT2D eigenvalue weighted by atomic mass is 9.96. The Bertz CT molecular complexity index is 464. The van der Waals surface area contributed by atoms with Crippen molar-refractivity contribution in [3.8, 4) is 17.6 Å². The van der Waals surface area contributed by atoms with Crippen molar-refractivity contribution in [3.05, 3.63) is 22.8 Å². The molecule has 0 bridgehead atoms. The minimum Gasteiger partial charge on any atom is -0.496 e. The Balaban J connectivity index is 3.25. The summed E-state index contributed by atoms with van der Waals surface area (Å²) in [6.07, 6.45) is 1.04. The second kappa shape index (κ2) is 6.27. The van der Waals surface area contributed by atoms with E-state index in [-0.39, 0.29) is 6.04 Å². The Kier molecular flexibility index (Phi) is 4.99. The number of ether oxygens (including phenoxy) is 2. The molecule has 0 aromatic heterocycles. The van der Waals surface area contributed by atoms with E-state index in [1.54, 1.807) is 14.2 Å². The molecule has 0 aliphatic rings. The van der Waals surface area contributed by atoms with Gasteiger partial charge in [-0.3, -0.25) is 0 Å². The molecule has 0 amide bonds. The molecule has 18 heavy (non-hydrogen) atoms. The highest BCUT2D eigenvalue weighted by Gasteiger charge is 2.18. The lowest BCUT2D eigenvalue weighted by Gasteiger charge is -2.20. The van der Waals surface area contributed by atoms with Gasteiger partial charge >= 0.3 is 0 Å². The molecule has 98 valence electrons. The molecule has 0 aliphatic carbocycles. The van der Waals surface area contributed by atoms with E-state index in [1.165, 1.54) is 0 Å². The van der Waals surface area contributed by atoms with Crippen LogP contribution >= 0.6 is 0 Å². The first-order valence-corrected chi connectivity index (χ1v) is 5.91. The monoisotopic (exact) mass is 248 g/mol. The fourth-order valence-corrected chi connectivity index (χ4v) is 2.02. The molecular formula is C14H20N2O2. The molecule has 0 saturated heterocycles. The summed E-state index contributed by atoms with van der Waals surface area (Å²) >= 11 is 0. The number of hydrogen-bond acceptors (Lipinski definition) is 4. The minimum absolute atomic E-state index is 0.215. The fourth-order valence-electron chi connectivity index (χ4n) is 2.02. The van der Waals surface area contributed by atoms with Crippen LogP contribution in [0.15, 0.2) is 6.07 Å². The van der Waals surface area contributed by atoms with Crippen LogP contribution in [0, 0.1) is 25.2 Å². The summed E-state index contributed by atoms with van der Waals surface area (Å²) in [6, 6.07) is 3.80. The van der Waals surface area contributed by atoms with Crippen molar-refractivity contribution in [1.29, 1.82) is 5.26 Å². The van der Waals surface area contributed by atoms with Gasteiger partial charge < -0.3 is 15.2 Å². The van der Waals surface area contributed by atoms with E-state index in [4.69, 9.17) is 20.5 Å². The third-order valence-corrected chi connectivity index (χ3v) is 3.21. The summed E-state index contributed by atoms with van der Waals surface area (Å²) in [5.74, 6) is 1.59. The van der Waals surface area contributed by atoms with E-state index >= 15 is 0 Å². The zero-order valence-electron chi connectivity index (χ0n) is 11.4. The number of benzene rings is 1. The normalized spacial score (nSPS) is 11.8. The van der Waals surface area contributed by atoms with Crippen LogP contribution in [0.3, 0.4) is 0 Å². The highest BCUT2D eigenvalue weighted by atomic mass is 16.5. The van der Waals surface area contributed by atoms with E-state index in [9.17, 15) is 0 Å². The van der Waals surface area contributed by atoms with Crippen molar-refractivity contribution < 1.29 is 9.47 Å². The van der Waals surface area contributed by atoms with Gasteiger partial charge in [0.05, 0.1) is 20.3 Å². The van der Waals surface area contributed by atoms with E-state index in [2.05, 4.69) is 6.07 Å². The van der Waals surface area contributed by atoms with Gasteiger partial charge in [0.2, 0.25) is 0 Å². The van der Waals surface area contributed by atoms with Gasteiger partial charge in [-0.25, -0.2) is 0 Å². The SMILES string of the molecule is COc1cc(C(N)CCC#N)c(OC)c(C)c1C. The largest absolute Gasteiger partial charge is 0.496 e. The number of hydrogen-bond donors (Lipinski definition) is 1. The van der Waals surface area contributed by atoms with Crippen LogP contribution in [0.2, 0.25) is 0 Å². The minimum atomic E-state index is -0.215. The standard InChI is InChI=1S/C14H20N2O2/c1-9-10(2)14(18-4)11(8-13(9)17-3)12(16)6-5-7-15/h8,12H,5-6,16H2,1-4H3. The maximum atomic E-state index is 8.63. The zero-order chi connectivity index (χ0) is 13.7. The molecule has 0 aliphatic heterocycles. The first-order chi connectivity index (χ1) is 8.56. The van der Waals surface area contributed by atoms with Gasteiger partial charge in [-0.2, -0.15) is 5.26 Å². The van der Waals surface area contributed by atoms with Crippen molar-refractivity contribution in [2.24, 2.45) is 5.73 Å². The predicted octanol–water partition coefficient (Wildman–Crippen LogP) is 2.62. The summed E-state index contributed by atoms with van der Waals surface area (Å²) in [5, 5.41) is 8.63. The number of rotatable bonds is 5. The molecular weight excluding hydrogens is 228 g/mol. The first kappa shape index (κ1) is 14.3. The van der Waals surface area contributed by atoms with Crippen molar-refractivity contribution in [2.75, 3.05) is 14.2 Å². The number of methoxy groups -OCH3 is 2. The van der Waals surface area contributed by atoms with Gasteiger partial charge in [0.25, 0.3) is 0 Å². The highest BCUT2D eigenvalue weighted by molar-refractivity contribution is 5.53. The lowest BCUT2D eigenvalue weighted by Crippen LogP contribution is -2.13. The van der Waals surface area contributed by atoms with Gasteiger partial charge in [0, 0.05) is 18.0 Å². The molecule has 1 aromatic carbocycles. The van der Waals surface area contributed by atoms with Crippen LogP contribution in [0.1, 0.15) is 35.6 Å². The first-order valence-electron chi connectivity index (χ1n) is 5.91. The number of nitrogens with zero attached hydrogens (tertiary/aromatic N) is 1. The molecule has 4 nitrogen and oxygen atoms in total. The maximum Gasteiger partial charge on any atom is 0.127 e. The topological polar surface area (TPSA) is 68.3 Å². The summed E-state index contributed by atoms with van der Waals surface area (Å²) < 4.78 is 10.8. The van der Waals surface area contributed by atoms with E-state index in [1.807, 2.05) is 19.9 Å². The molecule has 0 spiro atoms. The Morgan fingerprint density at radius 1 is 1.28 bits per heavy atom. The molecule has 0 saturated carbocycles. The molecule has 1 unspecified atom stereocenters. The summed E-state index contributed by atoms with van der Waals surface area (Å²) in [4.78, 5) is 0. The Morgan fingerprint density at radius 3 is 2.44 bits per heavy atom. The Morgan fingerprint density at radius 2 is 1.94 bits per heavy atom. The van der Waals surface area contributed by atoms with Crippen molar-refractivity contribution >= 4 is 0 Å². The Labute approximate surface area is 108 Å². The third kappa shape index (κ3) is 2.74. The fraction of sp³-hybridized carbons (Fsp3) is 0.500. The third-order valence-electron chi connectivity index (χ3n) is 3.21. The average Bonchev–Trinajstić information content (AvgIpc) is 2.38. The quantitative estimate of drug-likeness (QED) is 0.869. The number of nitrogens with two attached hydrogens (primary N) is 1. The average molecular weight is 248 g/mol. The molecule has 1 rings (SSSR count). The molecule has 1 atom stereocenters. The van der Waals surface area contributed by atoms with E-state index < -0.39 is 0 Å². The number of nitriles is 1. The van der Waals surface area contributed by atoms with Crippen LogP contribution in [0.25, 0.3) is 0 Å². The highest BCUT2D eigenvalue weighted by Crippen LogP contribution is 2.37. The van der Waals surface area contributed by atoms with E-state index in [0.717, 1.165) is 28.2 Å². The van der Waals surface area contributed by atoms with Crippen LogP contribution in [0.5, 0.6) is 11.5 Å². The van der Waals surface area contributed by atoms with Gasteiger partial charge in [0.1, 0.15) is 11.5 Å². The van der Waals surface area contributed by atoms with E-state index in [0.29, 0.717) is 12.8 Å². The van der Waals surface area contributed by atoms with Gasteiger partial charge in [0.15, 0.2) is 0 Å². The van der Waals surface area contributed by atoms with Gasteiger partial charge in [-0.15, -0.1) is 0 Å². The lowest BCUT2D eigenvalue weighted by molar-refractivity contribution is 0.389. The molecule has 2 N–H and O–H groups in total. The van der Waals surface area contributed by atoms with Crippen molar-refractivity contribution in [3.63, 3.8) is 0 Å². The molecule has 0 heterocycles. The van der Waals surface area contributed by atoms with Crippen LogP contribution < -0.4 is 15.2 Å². The van der Waals surface area contributed by atoms with Crippen molar-refractivity contribution in [1.82, 2.24) is 0 Å². The summed E-state index contributed by atoms with van der Waals surface area (Å²) in [6.45, 7) is 3.97. The van der Waals surface area contributed by atoms with Gasteiger partial charge in [-0.05, 0) is 37.5 Å².